The van der Waals surface area contributed by atoms with Crippen LogP contribution in [-0.2, 0) is 0 Å². The number of halogens is 1. The number of nitrogens with two attached hydrogens (primary N) is 1. The SMILES string of the molecule is CCC(N)CNC(=O)c1ccc(OC)cc1F. The average molecular weight is 240 g/mol. The Morgan fingerprint density at radius 1 is 1.59 bits per heavy atom. The van der Waals surface area contributed by atoms with E-state index in [9.17, 15) is 9.18 Å². The van der Waals surface area contributed by atoms with Crippen LogP contribution in [0.15, 0.2) is 18.2 Å². The van der Waals surface area contributed by atoms with E-state index in [1.54, 1.807) is 0 Å². The Kier molecular flexibility index (Phi) is 4.90. The van der Waals surface area contributed by atoms with Crippen LogP contribution >= 0.6 is 0 Å². The highest BCUT2D eigenvalue weighted by atomic mass is 19.1. The molecular weight excluding hydrogens is 223 g/mol. The van der Waals surface area contributed by atoms with Gasteiger partial charge in [0.2, 0.25) is 0 Å². The van der Waals surface area contributed by atoms with Gasteiger partial charge in [0.15, 0.2) is 0 Å². The lowest BCUT2D eigenvalue weighted by molar-refractivity contribution is 0.0947. The Morgan fingerprint density at radius 3 is 2.82 bits per heavy atom. The standard InChI is InChI=1S/C12H17FN2O2/c1-3-8(14)7-15-12(16)10-5-4-9(17-2)6-11(10)13/h4-6,8H,3,7,14H2,1-2H3,(H,15,16). The second-order valence-electron chi connectivity index (χ2n) is 3.72. The third-order valence-corrected chi connectivity index (χ3v) is 2.47. The topological polar surface area (TPSA) is 64.3 Å². The molecule has 0 radical (unpaired) electrons. The fourth-order valence-electron chi connectivity index (χ4n) is 1.27. The molecule has 1 rings (SSSR count). The number of benzene rings is 1. The molecule has 0 aliphatic heterocycles. The molecular formula is C12H17FN2O2. The first-order valence-electron chi connectivity index (χ1n) is 5.45. The van der Waals surface area contributed by atoms with Crippen molar-refractivity contribution in [2.45, 2.75) is 19.4 Å². The van der Waals surface area contributed by atoms with Gasteiger partial charge in [0.05, 0.1) is 12.7 Å². The first-order chi connectivity index (χ1) is 8.08. The highest BCUT2D eigenvalue weighted by molar-refractivity contribution is 5.94. The van der Waals surface area contributed by atoms with Gasteiger partial charge in [-0.3, -0.25) is 4.79 Å². The molecule has 4 nitrogen and oxygen atoms in total. The van der Waals surface area contributed by atoms with E-state index in [2.05, 4.69) is 5.32 Å². The van der Waals surface area contributed by atoms with E-state index in [0.29, 0.717) is 12.3 Å². The summed E-state index contributed by atoms with van der Waals surface area (Å²) in [5.41, 5.74) is 5.65. The predicted octanol–water partition coefficient (Wildman–Crippen LogP) is 1.30. The number of methoxy groups -OCH3 is 1. The van der Waals surface area contributed by atoms with Gasteiger partial charge in [-0.1, -0.05) is 6.92 Å². The number of hydrogen-bond acceptors (Lipinski definition) is 3. The summed E-state index contributed by atoms with van der Waals surface area (Å²) >= 11 is 0. The summed E-state index contributed by atoms with van der Waals surface area (Å²) in [6.45, 7) is 2.26. The summed E-state index contributed by atoms with van der Waals surface area (Å²) in [7, 11) is 1.44. The Labute approximate surface area is 100.0 Å². The van der Waals surface area contributed by atoms with Crippen LogP contribution in [0.5, 0.6) is 5.75 Å². The number of carbonyl (C=O) groups excluding carboxylic acids is 1. The highest BCUT2D eigenvalue weighted by Gasteiger charge is 2.12. The maximum Gasteiger partial charge on any atom is 0.254 e. The monoisotopic (exact) mass is 240 g/mol. The molecule has 0 aliphatic rings. The van der Waals surface area contributed by atoms with Crippen LogP contribution in [-0.4, -0.2) is 25.6 Å². The van der Waals surface area contributed by atoms with Crippen molar-refractivity contribution in [1.82, 2.24) is 5.32 Å². The van der Waals surface area contributed by atoms with Crippen molar-refractivity contribution in [3.8, 4) is 5.75 Å². The van der Waals surface area contributed by atoms with E-state index < -0.39 is 11.7 Å². The Balaban J connectivity index is 2.69. The number of ether oxygens (including phenoxy) is 1. The van der Waals surface area contributed by atoms with Crippen molar-refractivity contribution < 1.29 is 13.9 Å². The number of carbonyl (C=O) groups is 1. The summed E-state index contributed by atoms with van der Waals surface area (Å²) in [5.74, 6) is -0.690. The third kappa shape index (κ3) is 3.71. The molecule has 0 fully saturated rings. The molecule has 1 aromatic carbocycles. The van der Waals surface area contributed by atoms with E-state index in [-0.39, 0.29) is 11.6 Å². The third-order valence-electron chi connectivity index (χ3n) is 2.47. The fourth-order valence-corrected chi connectivity index (χ4v) is 1.27. The molecule has 94 valence electrons. The first-order valence-corrected chi connectivity index (χ1v) is 5.45. The molecule has 0 aliphatic carbocycles. The van der Waals surface area contributed by atoms with Gasteiger partial charge in [0, 0.05) is 18.7 Å². The predicted molar refractivity (Wildman–Crippen MR) is 63.6 cm³/mol. The zero-order valence-electron chi connectivity index (χ0n) is 10.00. The van der Waals surface area contributed by atoms with E-state index >= 15 is 0 Å². The summed E-state index contributed by atoms with van der Waals surface area (Å²) in [5, 5.41) is 2.58. The van der Waals surface area contributed by atoms with Crippen molar-refractivity contribution in [3.63, 3.8) is 0 Å². The average Bonchev–Trinajstić information content (AvgIpc) is 2.35. The fraction of sp³-hybridized carbons (Fsp3) is 0.417. The van der Waals surface area contributed by atoms with Gasteiger partial charge in [-0.05, 0) is 18.6 Å². The Morgan fingerprint density at radius 2 is 2.29 bits per heavy atom. The maximum atomic E-state index is 13.5. The Hall–Kier alpha value is -1.62. The highest BCUT2D eigenvalue weighted by Crippen LogP contribution is 2.15. The van der Waals surface area contributed by atoms with Crippen LogP contribution in [0.3, 0.4) is 0 Å². The maximum absolute atomic E-state index is 13.5. The van der Waals surface area contributed by atoms with Crippen LogP contribution in [0.2, 0.25) is 0 Å². The van der Waals surface area contributed by atoms with Gasteiger partial charge in [0.25, 0.3) is 5.91 Å². The van der Waals surface area contributed by atoms with Crippen LogP contribution < -0.4 is 15.8 Å². The van der Waals surface area contributed by atoms with E-state index in [1.807, 2.05) is 6.92 Å². The molecule has 1 unspecified atom stereocenters. The molecule has 0 saturated heterocycles. The minimum atomic E-state index is -0.605. The first kappa shape index (κ1) is 13.4. The lowest BCUT2D eigenvalue weighted by Gasteiger charge is -2.11. The molecule has 0 heterocycles. The van der Waals surface area contributed by atoms with Crippen molar-refractivity contribution in [2.75, 3.05) is 13.7 Å². The van der Waals surface area contributed by atoms with Gasteiger partial charge < -0.3 is 15.8 Å². The van der Waals surface area contributed by atoms with Crippen molar-refractivity contribution in [3.05, 3.63) is 29.6 Å². The second kappa shape index (κ2) is 6.20. The van der Waals surface area contributed by atoms with Crippen LogP contribution in [0.25, 0.3) is 0 Å². The second-order valence-corrected chi connectivity index (χ2v) is 3.72. The van der Waals surface area contributed by atoms with Gasteiger partial charge in [-0.15, -0.1) is 0 Å². The van der Waals surface area contributed by atoms with Gasteiger partial charge in [-0.25, -0.2) is 4.39 Å². The quantitative estimate of drug-likeness (QED) is 0.815. The van der Waals surface area contributed by atoms with Crippen molar-refractivity contribution in [1.29, 1.82) is 0 Å². The minimum Gasteiger partial charge on any atom is -0.497 e. The molecule has 0 spiro atoms. The molecule has 1 amide bonds. The number of nitrogens with one attached hydrogen (secondary N) is 1. The molecule has 0 saturated carbocycles. The van der Waals surface area contributed by atoms with Gasteiger partial charge in [0.1, 0.15) is 11.6 Å². The molecule has 0 aromatic heterocycles. The lowest BCUT2D eigenvalue weighted by Crippen LogP contribution is -2.37. The van der Waals surface area contributed by atoms with E-state index in [1.165, 1.54) is 25.3 Å². The normalized spacial score (nSPS) is 12.0. The van der Waals surface area contributed by atoms with Crippen LogP contribution in [0.4, 0.5) is 4.39 Å². The zero-order chi connectivity index (χ0) is 12.8. The molecule has 5 heteroatoms. The zero-order valence-corrected chi connectivity index (χ0v) is 10.00. The summed E-state index contributed by atoms with van der Waals surface area (Å²) in [6.07, 6.45) is 0.755. The molecule has 3 N–H and O–H groups in total. The van der Waals surface area contributed by atoms with E-state index in [0.717, 1.165) is 6.42 Å². The smallest absolute Gasteiger partial charge is 0.254 e. The molecule has 17 heavy (non-hydrogen) atoms. The van der Waals surface area contributed by atoms with Crippen LogP contribution in [0.1, 0.15) is 23.7 Å². The summed E-state index contributed by atoms with van der Waals surface area (Å²) in [4.78, 5) is 11.6. The van der Waals surface area contributed by atoms with Crippen molar-refractivity contribution in [2.24, 2.45) is 5.73 Å². The van der Waals surface area contributed by atoms with Crippen molar-refractivity contribution >= 4 is 5.91 Å². The summed E-state index contributed by atoms with van der Waals surface area (Å²) in [6, 6.07) is 3.99. The van der Waals surface area contributed by atoms with E-state index in [4.69, 9.17) is 10.5 Å². The number of rotatable bonds is 5. The number of amides is 1. The molecule has 0 bridgehead atoms. The minimum absolute atomic E-state index is 0.00546. The molecule has 1 aromatic rings. The summed E-state index contributed by atoms with van der Waals surface area (Å²) < 4.78 is 18.4. The molecule has 1 atom stereocenters. The lowest BCUT2D eigenvalue weighted by atomic mass is 10.1. The Bertz CT molecular complexity index is 396. The largest absolute Gasteiger partial charge is 0.497 e. The van der Waals surface area contributed by atoms with Gasteiger partial charge >= 0.3 is 0 Å². The van der Waals surface area contributed by atoms with Gasteiger partial charge in [-0.2, -0.15) is 0 Å². The number of hydrogen-bond donors (Lipinski definition) is 2. The van der Waals surface area contributed by atoms with Crippen LogP contribution in [0, 0.1) is 5.82 Å².